The number of aromatic nitrogens is 1. The van der Waals surface area contributed by atoms with Gasteiger partial charge >= 0.3 is 5.97 Å². The second-order valence-electron chi connectivity index (χ2n) is 10.3. The number of pyridine rings is 1. The van der Waals surface area contributed by atoms with Gasteiger partial charge in [0.05, 0.1) is 17.1 Å². The molecule has 0 fully saturated rings. The predicted octanol–water partition coefficient (Wildman–Crippen LogP) is 3.71. The van der Waals surface area contributed by atoms with Gasteiger partial charge in [-0.3, -0.25) is 14.6 Å². The highest BCUT2D eigenvalue weighted by atomic mass is 32.2. The molecule has 1 aromatic heterocycles. The molecule has 4 aromatic rings. The quantitative estimate of drug-likeness (QED) is 0.307. The van der Waals surface area contributed by atoms with Crippen LogP contribution in [-0.2, 0) is 36.5 Å². The number of fused-ring (bicyclic) bond motifs is 1. The number of anilines is 1. The summed E-state index contributed by atoms with van der Waals surface area (Å²) in [6.07, 6.45) is 3.45. The van der Waals surface area contributed by atoms with Gasteiger partial charge in [-0.05, 0) is 52.9 Å². The van der Waals surface area contributed by atoms with E-state index in [1.54, 1.807) is 55.4 Å². The highest BCUT2D eigenvalue weighted by Gasteiger charge is 2.56. The van der Waals surface area contributed by atoms with Crippen LogP contribution in [0.1, 0.15) is 30.5 Å². The van der Waals surface area contributed by atoms with Crippen LogP contribution in [0.3, 0.4) is 0 Å². The maximum absolute atomic E-state index is 14.4. The maximum atomic E-state index is 14.4. The standard InChI is InChI=1S/C31H30N4O5S/c1-20(2)28(32)29(36)40-31(24-11-13-25(14-12-24)41(33,38)39)26-5-3-4-6-27(26)35(30(31)37)19-21-7-9-22(10-8-21)23-15-17-34-18-16-23/h3-18,20,28H,19,32H2,1-2H3,(H2,33,38,39)/t28-,31?/m0/s1. The fourth-order valence-corrected chi connectivity index (χ4v) is 5.43. The molecule has 0 saturated heterocycles. The lowest BCUT2D eigenvalue weighted by Gasteiger charge is -2.31. The van der Waals surface area contributed by atoms with Crippen LogP contribution in [0.5, 0.6) is 0 Å². The van der Waals surface area contributed by atoms with Crippen molar-refractivity contribution in [3.05, 3.63) is 114 Å². The van der Waals surface area contributed by atoms with Crippen LogP contribution >= 0.6 is 0 Å². The minimum absolute atomic E-state index is 0.133. The van der Waals surface area contributed by atoms with Crippen molar-refractivity contribution >= 4 is 27.6 Å². The third-order valence-electron chi connectivity index (χ3n) is 7.26. The van der Waals surface area contributed by atoms with Gasteiger partial charge in [-0.2, -0.15) is 0 Å². The number of hydrogen-bond acceptors (Lipinski definition) is 7. The van der Waals surface area contributed by atoms with Gasteiger partial charge < -0.3 is 15.4 Å². The van der Waals surface area contributed by atoms with Gasteiger partial charge in [0.25, 0.3) is 5.91 Å². The van der Waals surface area contributed by atoms with Gasteiger partial charge in [-0.1, -0.05) is 68.4 Å². The lowest BCUT2D eigenvalue weighted by Crippen LogP contribution is -2.48. The number of ether oxygens (including phenoxy) is 1. The van der Waals surface area contributed by atoms with E-state index in [0.717, 1.165) is 16.7 Å². The first-order chi connectivity index (χ1) is 19.5. The van der Waals surface area contributed by atoms with E-state index in [9.17, 15) is 18.0 Å². The van der Waals surface area contributed by atoms with Gasteiger partial charge in [0.2, 0.25) is 15.6 Å². The molecule has 0 bridgehead atoms. The van der Waals surface area contributed by atoms with E-state index in [4.69, 9.17) is 15.6 Å². The number of amides is 1. The Kier molecular flexibility index (Phi) is 7.48. The molecule has 4 N–H and O–H groups in total. The molecule has 1 aliphatic heterocycles. The van der Waals surface area contributed by atoms with Crippen molar-refractivity contribution < 1.29 is 22.7 Å². The highest BCUT2D eigenvalue weighted by molar-refractivity contribution is 7.89. The SMILES string of the molecule is CC(C)[C@H](N)C(=O)OC1(c2ccc(S(N)(=O)=O)cc2)C(=O)N(Cc2ccc(-c3ccncc3)cc2)c2ccccc21. The summed E-state index contributed by atoms with van der Waals surface area (Å²) >= 11 is 0. The number of carbonyl (C=O) groups excluding carboxylic acids is 2. The summed E-state index contributed by atoms with van der Waals surface area (Å²) in [4.78, 5) is 33.2. The summed E-state index contributed by atoms with van der Waals surface area (Å²) in [5.74, 6) is -1.49. The number of benzene rings is 3. The van der Waals surface area contributed by atoms with Crippen molar-refractivity contribution in [1.29, 1.82) is 0 Å². The second-order valence-corrected chi connectivity index (χ2v) is 11.8. The Morgan fingerprint density at radius 2 is 1.54 bits per heavy atom. The first-order valence-corrected chi connectivity index (χ1v) is 14.6. The van der Waals surface area contributed by atoms with Gasteiger partial charge in [-0.15, -0.1) is 0 Å². The summed E-state index contributed by atoms with van der Waals surface area (Å²) < 4.78 is 29.9. The number of para-hydroxylation sites is 1. The normalized spacial score (nSPS) is 17.4. The zero-order valence-electron chi connectivity index (χ0n) is 22.6. The first kappa shape index (κ1) is 28.2. The molecule has 0 saturated carbocycles. The monoisotopic (exact) mass is 570 g/mol. The molecule has 10 heteroatoms. The van der Waals surface area contributed by atoms with Crippen LogP contribution in [0.25, 0.3) is 11.1 Å². The minimum Gasteiger partial charge on any atom is -0.438 e. The van der Waals surface area contributed by atoms with Gasteiger partial charge in [0.1, 0.15) is 6.04 Å². The third-order valence-corrected chi connectivity index (χ3v) is 8.19. The van der Waals surface area contributed by atoms with E-state index in [0.29, 0.717) is 11.3 Å². The van der Waals surface area contributed by atoms with Crippen molar-refractivity contribution in [2.24, 2.45) is 16.8 Å². The Balaban J connectivity index is 1.58. The molecule has 41 heavy (non-hydrogen) atoms. The molecule has 5 rings (SSSR count). The van der Waals surface area contributed by atoms with E-state index in [1.807, 2.05) is 36.4 Å². The number of carbonyl (C=O) groups is 2. The average molecular weight is 571 g/mol. The molecule has 2 heterocycles. The fraction of sp³-hybridized carbons (Fsp3) is 0.194. The molecule has 0 aliphatic carbocycles. The van der Waals surface area contributed by atoms with E-state index < -0.39 is 33.5 Å². The molecule has 0 spiro atoms. The third kappa shape index (κ3) is 5.24. The van der Waals surface area contributed by atoms with Crippen LogP contribution in [0.15, 0.2) is 102 Å². The number of nitrogens with zero attached hydrogens (tertiary/aromatic N) is 2. The van der Waals surface area contributed by atoms with E-state index in [1.165, 1.54) is 24.3 Å². The van der Waals surface area contributed by atoms with E-state index in [2.05, 4.69) is 4.98 Å². The second kappa shape index (κ2) is 10.9. The van der Waals surface area contributed by atoms with Crippen molar-refractivity contribution in [3.8, 4) is 11.1 Å². The van der Waals surface area contributed by atoms with Crippen LogP contribution in [0, 0.1) is 5.92 Å². The summed E-state index contributed by atoms with van der Waals surface area (Å²) in [6, 6.07) is 23.2. The molecule has 0 radical (unpaired) electrons. The van der Waals surface area contributed by atoms with Gasteiger partial charge in [-0.25, -0.2) is 13.6 Å². The van der Waals surface area contributed by atoms with Crippen LogP contribution in [0.2, 0.25) is 0 Å². The van der Waals surface area contributed by atoms with Gasteiger partial charge in [0.15, 0.2) is 0 Å². The largest absolute Gasteiger partial charge is 0.438 e. The maximum Gasteiger partial charge on any atom is 0.324 e. The summed E-state index contributed by atoms with van der Waals surface area (Å²) in [6.45, 7) is 3.77. The Bertz CT molecular complexity index is 1690. The average Bonchev–Trinajstić information content (AvgIpc) is 3.20. The minimum atomic E-state index is -3.99. The van der Waals surface area contributed by atoms with Crippen LogP contribution < -0.4 is 15.8 Å². The molecular weight excluding hydrogens is 540 g/mol. The summed E-state index contributed by atoms with van der Waals surface area (Å²) in [5, 5.41) is 5.30. The first-order valence-electron chi connectivity index (χ1n) is 13.0. The molecule has 210 valence electrons. The number of esters is 1. The summed E-state index contributed by atoms with van der Waals surface area (Å²) in [5.41, 5.74) is 8.44. The molecule has 1 unspecified atom stereocenters. The lowest BCUT2D eigenvalue weighted by molar-refractivity contribution is -0.165. The zero-order valence-corrected chi connectivity index (χ0v) is 23.4. The number of sulfonamides is 1. The fourth-order valence-electron chi connectivity index (χ4n) is 4.91. The molecular formula is C31H30N4O5S. The predicted molar refractivity (Wildman–Crippen MR) is 155 cm³/mol. The Hall–Kier alpha value is -4.38. The molecule has 9 nitrogen and oxygen atoms in total. The number of primary sulfonamides is 1. The van der Waals surface area contributed by atoms with Crippen LogP contribution in [-0.4, -0.2) is 31.3 Å². The van der Waals surface area contributed by atoms with E-state index >= 15 is 0 Å². The lowest BCUT2D eigenvalue weighted by atomic mass is 9.87. The van der Waals surface area contributed by atoms with Crippen molar-refractivity contribution in [2.75, 3.05) is 4.90 Å². The van der Waals surface area contributed by atoms with E-state index in [-0.39, 0.29) is 22.9 Å². The molecule has 1 amide bonds. The Morgan fingerprint density at radius 3 is 2.15 bits per heavy atom. The summed E-state index contributed by atoms with van der Waals surface area (Å²) in [7, 11) is -3.99. The highest BCUT2D eigenvalue weighted by Crippen LogP contribution is 2.48. The van der Waals surface area contributed by atoms with Gasteiger partial charge in [0, 0.05) is 23.5 Å². The topological polar surface area (TPSA) is 146 Å². The zero-order chi connectivity index (χ0) is 29.4. The Labute approximate surface area is 238 Å². The Morgan fingerprint density at radius 1 is 0.927 bits per heavy atom. The molecule has 2 atom stereocenters. The number of nitrogens with two attached hydrogens (primary N) is 2. The number of rotatable bonds is 8. The smallest absolute Gasteiger partial charge is 0.324 e. The number of hydrogen-bond donors (Lipinski definition) is 2. The molecule has 1 aliphatic rings. The van der Waals surface area contributed by atoms with Crippen molar-refractivity contribution in [1.82, 2.24) is 4.98 Å². The van der Waals surface area contributed by atoms with Crippen molar-refractivity contribution in [3.63, 3.8) is 0 Å². The van der Waals surface area contributed by atoms with Crippen LogP contribution in [0.4, 0.5) is 5.69 Å². The molecule has 3 aromatic carbocycles. The van der Waals surface area contributed by atoms with Crippen molar-refractivity contribution in [2.45, 2.75) is 36.9 Å².